The van der Waals surface area contributed by atoms with Crippen molar-refractivity contribution in [2.24, 2.45) is 0 Å². The van der Waals surface area contributed by atoms with Gasteiger partial charge in [-0.25, -0.2) is 4.39 Å². The van der Waals surface area contributed by atoms with Gasteiger partial charge >= 0.3 is 0 Å². The predicted octanol–water partition coefficient (Wildman–Crippen LogP) is 3.87. The fourth-order valence-electron chi connectivity index (χ4n) is 2.39. The number of nitrogens with one attached hydrogen (secondary N) is 1. The van der Waals surface area contributed by atoms with E-state index in [4.69, 9.17) is 0 Å². The first-order valence-electron chi connectivity index (χ1n) is 6.52. The monoisotopic (exact) mass is 314 g/mol. The van der Waals surface area contributed by atoms with Gasteiger partial charge in [0.1, 0.15) is 5.82 Å². The Morgan fingerprint density at radius 3 is 2.61 bits per heavy atom. The molecule has 0 amide bonds. The third-order valence-corrected chi connectivity index (χ3v) is 4.04. The Morgan fingerprint density at radius 2 is 2.00 bits per heavy atom. The topological polar surface area (TPSA) is 15.3 Å². The van der Waals surface area contributed by atoms with Gasteiger partial charge in [0.25, 0.3) is 0 Å². The van der Waals surface area contributed by atoms with E-state index in [1.807, 2.05) is 6.07 Å². The molecule has 2 nitrogen and oxygen atoms in total. The molecule has 0 saturated carbocycles. The van der Waals surface area contributed by atoms with Gasteiger partial charge in [0.15, 0.2) is 0 Å². The Bertz CT molecular complexity index is 401. The quantitative estimate of drug-likeness (QED) is 0.911. The summed E-state index contributed by atoms with van der Waals surface area (Å²) in [5, 5.41) is 3.32. The molecule has 1 aromatic carbocycles. The van der Waals surface area contributed by atoms with E-state index in [0.29, 0.717) is 17.8 Å². The Balaban J connectivity index is 1.93. The molecule has 0 aromatic heterocycles. The number of nitrogens with zero attached hydrogens (tertiary/aromatic N) is 1. The standard InChI is InChI=1S/C14H20BrFN2/c1-10(2)18-7-5-12(6-8-18)17-14-9-11(15)3-4-13(14)16/h3-4,9-10,12,17H,5-8H2,1-2H3. The average molecular weight is 315 g/mol. The molecule has 0 spiro atoms. The minimum atomic E-state index is -0.176. The van der Waals surface area contributed by atoms with Crippen molar-refractivity contribution in [1.29, 1.82) is 0 Å². The molecule has 1 aliphatic rings. The van der Waals surface area contributed by atoms with Crippen molar-refractivity contribution in [1.82, 2.24) is 4.90 Å². The molecule has 1 aliphatic heterocycles. The van der Waals surface area contributed by atoms with E-state index < -0.39 is 0 Å². The van der Waals surface area contributed by atoms with Gasteiger partial charge in [-0.15, -0.1) is 0 Å². The second-order valence-corrected chi connectivity index (χ2v) is 6.09. The summed E-state index contributed by atoms with van der Waals surface area (Å²) >= 11 is 3.37. The van der Waals surface area contributed by atoms with E-state index in [1.165, 1.54) is 6.07 Å². The van der Waals surface area contributed by atoms with E-state index in [2.05, 4.69) is 40.0 Å². The Hall–Kier alpha value is -0.610. The Kier molecular flexibility index (Phi) is 4.62. The number of hydrogen-bond donors (Lipinski definition) is 1. The molecule has 0 aliphatic carbocycles. The number of piperidine rings is 1. The zero-order chi connectivity index (χ0) is 13.1. The molecule has 4 heteroatoms. The summed E-state index contributed by atoms with van der Waals surface area (Å²) in [6.45, 7) is 6.62. The first-order valence-corrected chi connectivity index (χ1v) is 7.31. The summed E-state index contributed by atoms with van der Waals surface area (Å²) in [5.41, 5.74) is 0.604. The fraction of sp³-hybridized carbons (Fsp3) is 0.571. The summed E-state index contributed by atoms with van der Waals surface area (Å²) in [7, 11) is 0. The lowest BCUT2D eigenvalue weighted by Gasteiger charge is -2.35. The molecule has 0 radical (unpaired) electrons. The van der Waals surface area contributed by atoms with Crippen LogP contribution in [-0.4, -0.2) is 30.1 Å². The maximum atomic E-state index is 13.6. The first kappa shape index (κ1) is 13.8. The third kappa shape index (κ3) is 3.45. The van der Waals surface area contributed by atoms with E-state index >= 15 is 0 Å². The maximum Gasteiger partial charge on any atom is 0.146 e. The SMILES string of the molecule is CC(C)N1CCC(Nc2cc(Br)ccc2F)CC1. The molecule has 1 aromatic rings. The first-order chi connectivity index (χ1) is 8.56. The van der Waals surface area contributed by atoms with Crippen molar-refractivity contribution in [2.45, 2.75) is 38.8 Å². The van der Waals surface area contributed by atoms with Gasteiger partial charge in [0, 0.05) is 29.6 Å². The van der Waals surface area contributed by atoms with Crippen molar-refractivity contribution >= 4 is 21.6 Å². The number of likely N-dealkylation sites (tertiary alicyclic amines) is 1. The highest BCUT2D eigenvalue weighted by Crippen LogP contribution is 2.23. The predicted molar refractivity (Wildman–Crippen MR) is 77.5 cm³/mol. The van der Waals surface area contributed by atoms with Gasteiger partial charge in [-0.1, -0.05) is 15.9 Å². The Labute approximate surface area is 117 Å². The molecular weight excluding hydrogens is 295 g/mol. The van der Waals surface area contributed by atoms with E-state index in [1.54, 1.807) is 6.07 Å². The summed E-state index contributed by atoms with van der Waals surface area (Å²) in [5.74, 6) is -0.176. The molecule has 1 heterocycles. The number of benzene rings is 1. The normalized spacial score (nSPS) is 18.3. The van der Waals surface area contributed by atoms with Crippen molar-refractivity contribution in [2.75, 3.05) is 18.4 Å². The lowest BCUT2D eigenvalue weighted by atomic mass is 10.0. The van der Waals surface area contributed by atoms with Crippen molar-refractivity contribution in [3.63, 3.8) is 0 Å². The highest BCUT2D eigenvalue weighted by molar-refractivity contribution is 9.10. The fourth-order valence-corrected chi connectivity index (χ4v) is 2.75. The highest BCUT2D eigenvalue weighted by atomic mass is 79.9. The summed E-state index contributed by atoms with van der Waals surface area (Å²) < 4.78 is 14.5. The molecule has 0 atom stereocenters. The smallest absolute Gasteiger partial charge is 0.146 e. The minimum Gasteiger partial charge on any atom is -0.380 e. The molecule has 1 saturated heterocycles. The summed E-state index contributed by atoms with van der Waals surface area (Å²) in [6, 6.07) is 6.01. The van der Waals surface area contributed by atoms with Crippen molar-refractivity contribution in [3.05, 3.63) is 28.5 Å². The van der Waals surface area contributed by atoms with Crippen LogP contribution in [0.2, 0.25) is 0 Å². The van der Waals surface area contributed by atoms with Crippen molar-refractivity contribution < 1.29 is 4.39 Å². The van der Waals surface area contributed by atoms with Crippen LogP contribution in [0, 0.1) is 5.82 Å². The molecule has 0 bridgehead atoms. The average Bonchev–Trinajstić information content (AvgIpc) is 2.34. The van der Waals surface area contributed by atoms with Crippen LogP contribution in [0.4, 0.5) is 10.1 Å². The summed E-state index contributed by atoms with van der Waals surface area (Å²) in [6.07, 6.45) is 2.15. The van der Waals surface area contributed by atoms with Crippen LogP contribution in [0.25, 0.3) is 0 Å². The third-order valence-electron chi connectivity index (χ3n) is 3.55. The van der Waals surface area contributed by atoms with Crippen LogP contribution < -0.4 is 5.32 Å². The number of halogens is 2. The van der Waals surface area contributed by atoms with E-state index in [9.17, 15) is 4.39 Å². The van der Waals surface area contributed by atoms with Gasteiger partial charge in [-0.05, 0) is 44.9 Å². The van der Waals surface area contributed by atoms with Crippen LogP contribution in [0.1, 0.15) is 26.7 Å². The molecule has 2 rings (SSSR count). The summed E-state index contributed by atoms with van der Waals surface area (Å²) in [4.78, 5) is 2.47. The highest BCUT2D eigenvalue weighted by Gasteiger charge is 2.21. The maximum absolute atomic E-state index is 13.6. The van der Waals surface area contributed by atoms with Crippen LogP contribution in [0.15, 0.2) is 22.7 Å². The van der Waals surface area contributed by atoms with Gasteiger partial charge in [0.05, 0.1) is 5.69 Å². The van der Waals surface area contributed by atoms with Gasteiger partial charge < -0.3 is 10.2 Å². The molecule has 1 N–H and O–H groups in total. The Morgan fingerprint density at radius 1 is 1.33 bits per heavy atom. The number of anilines is 1. The van der Waals surface area contributed by atoms with Crippen molar-refractivity contribution in [3.8, 4) is 0 Å². The minimum absolute atomic E-state index is 0.176. The molecular formula is C14H20BrFN2. The lowest BCUT2D eigenvalue weighted by molar-refractivity contribution is 0.177. The second kappa shape index (κ2) is 6.02. The zero-order valence-corrected chi connectivity index (χ0v) is 12.5. The number of hydrogen-bond acceptors (Lipinski definition) is 2. The molecule has 18 heavy (non-hydrogen) atoms. The number of rotatable bonds is 3. The van der Waals surface area contributed by atoms with E-state index in [-0.39, 0.29) is 5.82 Å². The second-order valence-electron chi connectivity index (χ2n) is 5.17. The molecule has 0 unspecified atom stereocenters. The zero-order valence-electron chi connectivity index (χ0n) is 10.9. The van der Waals surface area contributed by atoms with Crippen LogP contribution >= 0.6 is 15.9 Å². The van der Waals surface area contributed by atoms with Gasteiger partial charge in [-0.2, -0.15) is 0 Å². The largest absolute Gasteiger partial charge is 0.380 e. The molecule has 1 fully saturated rings. The van der Waals surface area contributed by atoms with Crippen LogP contribution in [-0.2, 0) is 0 Å². The van der Waals surface area contributed by atoms with Crippen LogP contribution in [0.5, 0.6) is 0 Å². The molecule has 100 valence electrons. The lowest BCUT2D eigenvalue weighted by Crippen LogP contribution is -2.42. The van der Waals surface area contributed by atoms with Gasteiger partial charge in [0.2, 0.25) is 0 Å². The van der Waals surface area contributed by atoms with E-state index in [0.717, 1.165) is 30.4 Å². The van der Waals surface area contributed by atoms with Crippen LogP contribution in [0.3, 0.4) is 0 Å². The van der Waals surface area contributed by atoms with Gasteiger partial charge in [-0.3, -0.25) is 0 Å².